The average Bonchev–Trinajstić information content (AvgIpc) is 2.74. The monoisotopic (exact) mass is 359 g/mol. The highest BCUT2D eigenvalue weighted by atomic mass is 16.2. The summed E-state index contributed by atoms with van der Waals surface area (Å²) in [6.45, 7) is 4.44. The largest absolute Gasteiger partial charge is 0.322 e. The van der Waals surface area contributed by atoms with E-state index in [4.69, 9.17) is 0 Å². The molecule has 0 unspecified atom stereocenters. The Balaban J connectivity index is 1.31. The minimum atomic E-state index is -0.00550. The number of hydrogen-bond acceptors (Lipinski definition) is 2. The van der Waals surface area contributed by atoms with Crippen molar-refractivity contribution in [1.82, 2.24) is 9.80 Å². The zero-order valence-electron chi connectivity index (χ0n) is 15.5. The van der Waals surface area contributed by atoms with Crippen LogP contribution < -0.4 is 5.32 Å². The molecule has 1 heterocycles. The molecule has 1 aliphatic heterocycles. The molecular weight excluding hydrogens is 334 g/mol. The number of benzene rings is 3. The van der Waals surface area contributed by atoms with Crippen molar-refractivity contribution in [1.29, 1.82) is 0 Å². The zero-order valence-corrected chi connectivity index (χ0v) is 15.5. The molecule has 0 spiro atoms. The van der Waals surface area contributed by atoms with Crippen LogP contribution in [0.2, 0.25) is 0 Å². The molecule has 4 nitrogen and oxygen atoms in total. The number of anilines is 1. The number of fused-ring (bicyclic) bond motifs is 1. The Morgan fingerprint density at radius 1 is 0.815 bits per heavy atom. The van der Waals surface area contributed by atoms with Gasteiger partial charge in [-0.2, -0.15) is 0 Å². The van der Waals surface area contributed by atoms with Gasteiger partial charge in [0.2, 0.25) is 0 Å². The summed E-state index contributed by atoms with van der Waals surface area (Å²) < 4.78 is 0. The standard InChI is InChI=1S/C23H25N3O/c27-23(24-22-12-6-10-20-9-4-5-11-21(20)22)26-17-15-25(16-18-26)14-13-19-7-2-1-3-8-19/h1-12H,13-18H2,(H,24,27). The van der Waals surface area contributed by atoms with Crippen LogP contribution in [0, 0.1) is 0 Å². The highest BCUT2D eigenvalue weighted by Crippen LogP contribution is 2.23. The molecular formula is C23H25N3O. The smallest absolute Gasteiger partial charge is 0.321 e. The zero-order chi connectivity index (χ0) is 18.5. The summed E-state index contributed by atoms with van der Waals surface area (Å²) in [7, 11) is 0. The number of carbonyl (C=O) groups is 1. The van der Waals surface area contributed by atoms with Gasteiger partial charge in [-0.1, -0.05) is 66.7 Å². The van der Waals surface area contributed by atoms with E-state index >= 15 is 0 Å². The molecule has 27 heavy (non-hydrogen) atoms. The first kappa shape index (κ1) is 17.6. The summed E-state index contributed by atoms with van der Waals surface area (Å²) in [6.07, 6.45) is 1.06. The van der Waals surface area contributed by atoms with Crippen molar-refractivity contribution >= 4 is 22.5 Å². The number of nitrogens with zero attached hydrogens (tertiary/aromatic N) is 2. The highest BCUT2D eigenvalue weighted by Gasteiger charge is 2.21. The van der Waals surface area contributed by atoms with E-state index in [1.807, 2.05) is 35.2 Å². The van der Waals surface area contributed by atoms with Crippen molar-refractivity contribution in [3.05, 3.63) is 78.4 Å². The number of carbonyl (C=O) groups excluding carboxylic acids is 1. The van der Waals surface area contributed by atoms with E-state index in [0.717, 1.165) is 55.6 Å². The fourth-order valence-corrected chi connectivity index (χ4v) is 3.64. The van der Waals surface area contributed by atoms with E-state index < -0.39 is 0 Å². The summed E-state index contributed by atoms with van der Waals surface area (Å²) in [4.78, 5) is 17.1. The van der Waals surface area contributed by atoms with Gasteiger partial charge in [-0.15, -0.1) is 0 Å². The molecule has 0 atom stereocenters. The summed E-state index contributed by atoms with van der Waals surface area (Å²) in [5, 5.41) is 5.31. The van der Waals surface area contributed by atoms with Gasteiger partial charge in [-0.3, -0.25) is 4.90 Å². The molecule has 0 saturated carbocycles. The Morgan fingerprint density at radius 2 is 1.52 bits per heavy atom. The van der Waals surface area contributed by atoms with Crippen LogP contribution in [0.25, 0.3) is 10.8 Å². The molecule has 0 aromatic heterocycles. The van der Waals surface area contributed by atoms with Crippen molar-refractivity contribution in [2.24, 2.45) is 0 Å². The van der Waals surface area contributed by atoms with Crippen molar-refractivity contribution in [2.75, 3.05) is 38.0 Å². The first-order valence-corrected chi connectivity index (χ1v) is 9.59. The first-order chi connectivity index (χ1) is 13.3. The lowest BCUT2D eigenvalue weighted by molar-refractivity contribution is 0.148. The maximum Gasteiger partial charge on any atom is 0.321 e. The minimum Gasteiger partial charge on any atom is -0.322 e. The molecule has 1 N–H and O–H groups in total. The van der Waals surface area contributed by atoms with Crippen LogP contribution in [0.5, 0.6) is 0 Å². The van der Waals surface area contributed by atoms with Crippen LogP contribution in [0.15, 0.2) is 72.8 Å². The van der Waals surface area contributed by atoms with Crippen molar-refractivity contribution in [2.45, 2.75) is 6.42 Å². The SMILES string of the molecule is O=C(Nc1cccc2ccccc12)N1CCN(CCc2ccccc2)CC1. The van der Waals surface area contributed by atoms with Gasteiger partial charge in [0.1, 0.15) is 0 Å². The quantitative estimate of drug-likeness (QED) is 0.757. The second kappa shape index (κ2) is 8.23. The lowest BCUT2D eigenvalue weighted by Gasteiger charge is -2.34. The number of rotatable bonds is 4. The Kier molecular flexibility index (Phi) is 5.35. The average molecular weight is 359 g/mol. The van der Waals surface area contributed by atoms with Gasteiger partial charge in [-0.25, -0.2) is 4.79 Å². The molecule has 0 radical (unpaired) electrons. The van der Waals surface area contributed by atoms with E-state index in [1.54, 1.807) is 0 Å². The number of piperazine rings is 1. The molecule has 1 fully saturated rings. The topological polar surface area (TPSA) is 35.6 Å². The van der Waals surface area contributed by atoms with Gasteiger partial charge >= 0.3 is 6.03 Å². The van der Waals surface area contributed by atoms with E-state index in [9.17, 15) is 4.79 Å². The summed E-state index contributed by atoms with van der Waals surface area (Å²) >= 11 is 0. The second-order valence-electron chi connectivity index (χ2n) is 7.02. The maximum atomic E-state index is 12.7. The summed E-state index contributed by atoms with van der Waals surface area (Å²) in [5.41, 5.74) is 2.25. The maximum absolute atomic E-state index is 12.7. The number of nitrogens with one attached hydrogen (secondary N) is 1. The third-order valence-electron chi connectivity index (χ3n) is 5.25. The molecule has 3 aromatic rings. The molecule has 3 aromatic carbocycles. The van der Waals surface area contributed by atoms with Gasteiger partial charge in [0, 0.05) is 38.1 Å². The Morgan fingerprint density at radius 3 is 2.33 bits per heavy atom. The van der Waals surface area contributed by atoms with Crippen molar-refractivity contribution < 1.29 is 4.79 Å². The molecule has 4 rings (SSSR count). The molecule has 1 aliphatic rings. The van der Waals surface area contributed by atoms with Gasteiger partial charge in [0.05, 0.1) is 5.69 Å². The van der Waals surface area contributed by atoms with E-state index in [0.29, 0.717) is 0 Å². The Labute approximate surface area is 160 Å². The molecule has 138 valence electrons. The lowest BCUT2D eigenvalue weighted by Crippen LogP contribution is -2.50. The second-order valence-corrected chi connectivity index (χ2v) is 7.02. The van der Waals surface area contributed by atoms with Crippen LogP contribution >= 0.6 is 0 Å². The molecule has 0 bridgehead atoms. The lowest BCUT2D eigenvalue weighted by atomic mass is 10.1. The third-order valence-corrected chi connectivity index (χ3v) is 5.25. The van der Waals surface area contributed by atoms with Gasteiger partial charge < -0.3 is 10.2 Å². The number of urea groups is 1. The predicted molar refractivity (Wildman–Crippen MR) is 111 cm³/mol. The van der Waals surface area contributed by atoms with Gasteiger partial charge in [-0.05, 0) is 23.4 Å². The third kappa shape index (κ3) is 4.29. The molecule has 4 heteroatoms. The molecule has 1 saturated heterocycles. The van der Waals surface area contributed by atoms with Gasteiger partial charge in [0.25, 0.3) is 0 Å². The fraction of sp³-hybridized carbons (Fsp3) is 0.261. The van der Waals surface area contributed by atoms with Crippen molar-refractivity contribution in [3.63, 3.8) is 0 Å². The van der Waals surface area contributed by atoms with Crippen LogP contribution in [0.1, 0.15) is 5.56 Å². The van der Waals surface area contributed by atoms with Gasteiger partial charge in [0.15, 0.2) is 0 Å². The van der Waals surface area contributed by atoms with E-state index in [1.165, 1.54) is 5.56 Å². The summed E-state index contributed by atoms with van der Waals surface area (Å²) in [6, 6.07) is 24.7. The van der Waals surface area contributed by atoms with Crippen LogP contribution in [0.3, 0.4) is 0 Å². The molecule has 2 amide bonds. The highest BCUT2D eigenvalue weighted by molar-refractivity contribution is 6.01. The van der Waals surface area contributed by atoms with E-state index in [-0.39, 0.29) is 6.03 Å². The van der Waals surface area contributed by atoms with Crippen LogP contribution in [-0.4, -0.2) is 48.6 Å². The van der Waals surface area contributed by atoms with Crippen LogP contribution in [0.4, 0.5) is 10.5 Å². The summed E-state index contributed by atoms with van der Waals surface area (Å²) in [5.74, 6) is 0. The first-order valence-electron chi connectivity index (χ1n) is 9.59. The molecule has 0 aliphatic carbocycles. The Bertz CT molecular complexity index is 896. The fourth-order valence-electron chi connectivity index (χ4n) is 3.64. The Hall–Kier alpha value is -2.85. The van der Waals surface area contributed by atoms with Crippen LogP contribution in [-0.2, 0) is 6.42 Å². The van der Waals surface area contributed by atoms with E-state index in [2.05, 4.69) is 52.7 Å². The number of hydrogen-bond donors (Lipinski definition) is 1. The minimum absolute atomic E-state index is 0.00550. The predicted octanol–water partition coefficient (Wildman–Crippen LogP) is 4.23. The normalized spacial score (nSPS) is 15.0. The van der Waals surface area contributed by atoms with Crippen molar-refractivity contribution in [3.8, 4) is 0 Å². The number of amides is 2.